The average Bonchev–Trinajstić information content (AvgIpc) is 3.24. The van der Waals surface area contributed by atoms with E-state index in [1.807, 2.05) is 4.90 Å². The van der Waals surface area contributed by atoms with Crippen molar-refractivity contribution in [3.8, 4) is 0 Å². The third-order valence-corrected chi connectivity index (χ3v) is 7.42. The third kappa shape index (κ3) is 3.31. The molecule has 3 heterocycles. The molecule has 0 radical (unpaired) electrons. The van der Waals surface area contributed by atoms with Gasteiger partial charge in [0.05, 0.1) is 11.1 Å². The summed E-state index contributed by atoms with van der Waals surface area (Å²) in [5.41, 5.74) is 1.32. The third-order valence-electron chi connectivity index (χ3n) is 5.27. The van der Waals surface area contributed by atoms with E-state index in [0.717, 1.165) is 61.8 Å². The van der Waals surface area contributed by atoms with Crippen LogP contribution in [-0.4, -0.2) is 39.2 Å². The monoisotopic (exact) mass is 391 g/mol. The van der Waals surface area contributed by atoms with Crippen LogP contribution in [0.2, 0.25) is 0 Å². The largest absolute Gasteiger partial charge is 0.342 e. The van der Waals surface area contributed by atoms with Crippen molar-refractivity contribution in [2.75, 3.05) is 18.8 Å². The molecule has 4 rings (SSSR count). The van der Waals surface area contributed by atoms with Crippen molar-refractivity contribution in [3.63, 3.8) is 0 Å². The molecule has 0 N–H and O–H groups in total. The Kier molecular flexibility index (Phi) is 5.36. The summed E-state index contributed by atoms with van der Waals surface area (Å²) < 4.78 is 1.79. The number of carbonyl (C=O) groups excluding carboxylic acids is 1. The summed E-state index contributed by atoms with van der Waals surface area (Å²) in [6.07, 6.45) is 7.51. The van der Waals surface area contributed by atoms with Crippen molar-refractivity contribution < 1.29 is 4.79 Å². The molecule has 0 aromatic carbocycles. The van der Waals surface area contributed by atoms with Crippen LogP contribution >= 0.6 is 23.1 Å². The molecular formula is C19H25N3O2S2. The van der Waals surface area contributed by atoms with Crippen LogP contribution in [0.3, 0.4) is 0 Å². The number of aromatic nitrogens is 2. The van der Waals surface area contributed by atoms with Crippen LogP contribution in [-0.2, 0) is 24.2 Å². The topological polar surface area (TPSA) is 55.2 Å². The quantitative estimate of drug-likeness (QED) is 0.579. The fourth-order valence-electron chi connectivity index (χ4n) is 3.95. The molecular weight excluding hydrogens is 366 g/mol. The van der Waals surface area contributed by atoms with Crippen LogP contribution in [0.15, 0.2) is 9.95 Å². The van der Waals surface area contributed by atoms with Crippen LogP contribution in [0.1, 0.15) is 49.5 Å². The van der Waals surface area contributed by atoms with Gasteiger partial charge >= 0.3 is 0 Å². The maximum Gasteiger partial charge on any atom is 0.263 e. The van der Waals surface area contributed by atoms with Crippen LogP contribution in [0, 0.1) is 0 Å². The van der Waals surface area contributed by atoms with E-state index >= 15 is 0 Å². The lowest BCUT2D eigenvalue weighted by Gasteiger charge is -2.26. The summed E-state index contributed by atoms with van der Waals surface area (Å²) in [5.74, 6) is 0.535. The number of thiophene rings is 1. The number of thioether (sulfide) groups is 1. The van der Waals surface area contributed by atoms with Gasteiger partial charge in [-0.1, -0.05) is 18.7 Å². The number of likely N-dealkylation sites (tertiary alicyclic amines) is 1. The van der Waals surface area contributed by atoms with Gasteiger partial charge in [0.2, 0.25) is 5.91 Å². The summed E-state index contributed by atoms with van der Waals surface area (Å²) in [5, 5.41) is 1.54. The molecule has 1 saturated heterocycles. The number of carbonyl (C=O) groups is 1. The molecule has 0 spiro atoms. The Hall–Kier alpha value is -1.34. The molecule has 1 amide bonds. The van der Waals surface area contributed by atoms with E-state index in [4.69, 9.17) is 4.98 Å². The van der Waals surface area contributed by atoms with E-state index < -0.39 is 0 Å². The standard InChI is InChI=1S/C19H25N3O2S2/c1-2-9-22-18(24)16-13-7-6-8-14(13)26-17(16)20-19(22)25-12-15(23)21-10-4-3-5-11-21/h2-12H2,1H3. The van der Waals surface area contributed by atoms with Gasteiger partial charge < -0.3 is 4.90 Å². The Balaban J connectivity index is 1.62. The number of hydrogen-bond acceptors (Lipinski definition) is 5. The van der Waals surface area contributed by atoms with Crippen LogP contribution in [0.25, 0.3) is 10.2 Å². The minimum Gasteiger partial charge on any atom is -0.342 e. The summed E-state index contributed by atoms with van der Waals surface area (Å²) in [4.78, 5) is 34.6. The van der Waals surface area contributed by atoms with Crippen LogP contribution < -0.4 is 5.56 Å². The molecule has 5 nitrogen and oxygen atoms in total. The van der Waals surface area contributed by atoms with E-state index in [-0.39, 0.29) is 11.5 Å². The van der Waals surface area contributed by atoms with E-state index in [1.54, 1.807) is 15.9 Å². The zero-order valence-electron chi connectivity index (χ0n) is 15.3. The van der Waals surface area contributed by atoms with Gasteiger partial charge in [0.1, 0.15) is 4.83 Å². The Morgan fingerprint density at radius 1 is 1.19 bits per heavy atom. The smallest absolute Gasteiger partial charge is 0.263 e. The molecule has 26 heavy (non-hydrogen) atoms. The van der Waals surface area contributed by atoms with E-state index in [2.05, 4.69) is 6.92 Å². The van der Waals surface area contributed by atoms with E-state index in [1.165, 1.54) is 28.6 Å². The fraction of sp³-hybridized carbons (Fsp3) is 0.632. The molecule has 2 aromatic heterocycles. The number of hydrogen-bond donors (Lipinski definition) is 0. The van der Waals surface area contributed by atoms with Gasteiger partial charge in [-0.05, 0) is 50.5 Å². The maximum absolute atomic E-state index is 13.1. The fourth-order valence-corrected chi connectivity index (χ4v) is 6.18. The summed E-state index contributed by atoms with van der Waals surface area (Å²) in [6.45, 7) is 4.46. The first-order valence-electron chi connectivity index (χ1n) is 9.64. The highest BCUT2D eigenvalue weighted by Crippen LogP contribution is 2.35. The van der Waals surface area contributed by atoms with Gasteiger partial charge in [0.25, 0.3) is 5.56 Å². The van der Waals surface area contributed by atoms with Gasteiger partial charge in [-0.2, -0.15) is 0 Å². The highest BCUT2D eigenvalue weighted by molar-refractivity contribution is 7.99. The van der Waals surface area contributed by atoms with Gasteiger partial charge in [-0.25, -0.2) is 4.98 Å². The van der Waals surface area contributed by atoms with Gasteiger partial charge in [-0.3, -0.25) is 14.2 Å². The molecule has 7 heteroatoms. The van der Waals surface area contributed by atoms with Crippen molar-refractivity contribution in [1.82, 2.24) is 14.5 Å². The normalized spacial score (nSPS) is 17.0. The Morgan fingerprint density at radius 3 is 2.77 bits per heavy atom. The predicted molar refractivity (Wildman–Crippen MR) is 107 cm³/mol. The second kappa shape index (κ2) is 7.72. The van der Waals surface area contributed by atoms with Crippen LogP contribution in [0.4, 0.5) is 0 Å². The molecule has 140 valence electrons. The average molecular weight is 392 g/mol. The number of aryl methyl sites for hydroxylation is 2. The van der Waals surface area contributed by atoms with Crippen molar-refractivity contribution in [1.29, 1.82) is 0 Å². The first kappa shape index (κ1) is 18.0. The first-order chi connectivity index (χ1) is 12.7. The zero-order chi connectivity index (χ0) is 18.1. The Bertz CT molecular complexity index is 881. The molecule has 2 aromatic rings. The molecule has 0 atom stereocenters. The molecule has 0 saturated carbocycles. The molecule has 1 aliphatic heterocycles. The lowest BCUT2D eigenvalue weighted by Crippen LogP contribution is -2.37. The van der Waals surface area contributed by atoms with Crippen molar-refractivity contribution in [2.24, 2.45) is 0 Å². The number of piperidine rings is 1. The summed E-state index contributed by atoms with van der Waals surface area (Å²) in [7, 11) is 0. The summed E-state index contributed by atoms with van der Waals surface area (Å²) in [6, 6.07) is 0. The number of rotatable bonds is 5. The zero-order valence-corrected chi connectivity index (χ0v) is 16.9. The predicted octanol–water partition coefficient (Wildman–Crippen LogP) is 3.46. The number of nitrogens with zero attached hydrogens (tertiary/aromatic N) is 3. The highest BCUT2D eigenvalue weighted by Gasteiger charge is 2.24. The number of amides is 1. The van der Waals surface area contributed by atoms with Gasteiger partial charge in [0, 0.05) is 24.5 Å². The first-order valence-corrected chi connectivity index (χ1v) is 11.4. The molecule has 0 bridgehead atoms. The lowest BCUT2D eigenvalue weighted by molar-refractivity contribution is -0.129. The number of fused-ring (bicyclic) bond motifs is 3. The molecule has 0 unspecified atom stereocenters. The van der Waals surface area contributed by atoms with Crippen molar-refractivity contribution in [3.05, 3.63) is 20.8 Å². The lowest BCUT2D eigenvalue weighted by atomic mass is 10.1. The minimum absolute atomic E-state index is 0.0872. The van der Waals surface area contributed by atoms with Gasteiger partial charge in [-0.15, -0.1) is 11.3 Å². The Labute approximate surface area is 161 Å². The molecule has 2 aliphatic rings. The second-order valence-corrected chi connectivity index (χ2v) is 9.14. The second-order valence-electron chi connectivity index (χ2n) is 7.12. The van der Waals surface area contributed by atoms with E-state index in [0.29, 0.717) is 17.5 Å². The molecule has 1 fully saturated rings. The van der Waals surface area contributed by atoms with E-state index in [9.17, 15) is 9.59 Å². The minimum atomic E-state index is 0.0872. The van der Waals surface area contributed by atoms with Gasteiger partial charge in [0.15, 0.2) is 5.16 Å². The maximum atomic E-state index is 13.1. The van der Waals surface area contributed by atoms with Crippen LogP contribution in [0.5, 0.6) is 0 Å². The Morgan fingerprint density at radius 2 is 2.00 bits per heavy atom. The van der Waals surface area contributed by atoms with Crippen molar-refractivity contribution in [2.45, 2.75) is 63.6 Å². The van der Waals surface area contributed by atoms with Crippen molar-refractivity contribution >= 4 is 39.2 Å². The highest BCUT2D eigenvalue weighted by atomic mass is 32.2. The summed E-state index contributed by atoms with van der Waals surface area (Å²) >= 11 is 3.10. The SMILES string of the molecule is CCCn1c(SCC(=O)N2CCCCC2)nc2sc3c(c2c1=O)CCC3. The molecule has 1 aliphatic carbocycles.